The standard InChI is InChI=1S/C19H21N3O2/c1-13(17-8-6-10-19(21-17)16(4)23)11-12-24-22-15(3)18-9-5-7-14(2)20-18/h5-10H,1,11-12H2,2-4H3/b22-15+. The van der Waals surface area contributed by atoms with Crippen LogP contribution in [0.25, 0.3) is 5.57 Å². The van der Waals surface area contributed by atoms with Crippen LogP contribution in [0.5, 0.6) is 0 Å². The van der Waals surface area contributed by atoms with Gasteiger partial charge in [-0.05, 0) is 43.7 Å². The number of carbonyl (C=O) groups is 1. The number of oxime groups is 1. The summed E-state index contributed by atoms with van der Waals surface area (Å²) in [5.41, 5.74) is 4.40. The Morgan fingerprint density at radius 2 is 1.75 bits per heavy atom. The molecule has 0 N–H and O–H groups in total. The minimum atomic E-state index is -0.0632. The van der Waals surface area contributed by atoms with Gasteiger partial charge in [-0.3, -0.25) is 9.78 Å². The topological polar surface area (TPSA) is 64.4 Å². The largest absolute Gasteiger partial charge is 0.395 e. The monoisotopic (exact) mass is 323 g/mol. The van der Waals surface area contributed by atoms with Crippen molar-refractivity contribution in [3.05, 3.63) is 65.8 Å². The molecule has 24 heavy (non-hydrogen) atoms. The van der Waals surface area contributed by atoms with E-state index in [1.54, 1.807) is 12.1 Å². The number of Topliss-reactive ketones (excluding diaryl/α,β-unsaturated/α-hetero) is 1. The summed E-state index contributed by atoms with van der Waals surface area (Å²) in [6.07, 6.45) is 0.576. The quantitative estimate of drug-likeness (QED) is 0.336. The molecule has 5 heteroatoms. The van der Waals surface area contributed by atoms with Crippen LogP contribution in [0.3, 0.4) is 0 Å². The van der Waals surface area contributed by atoms with Crippen molar-refractivity contribution in [2.75, 3.05) is 6.61 Å². The molecule has 0 aliphatic heterocycles. The third-order valence-electron chi connectivity index (χ3n) is 3.43. The first-order chi connectivity index (χ1) is 11.5. The van der Waals surface area contributed by atoms with Gasteiger partial charge in [-0.1, -0.05) is 23.9 Å². The van der Waals surface area contributed by atoms with E-state index in [-0.39, 0.29) is 5.78 Å². The Kier molecular flexibility index (Phi) is 5.95. The molecule has 0 saturated carbocycles. The Morgan fingerprint density at radius 3 is 2.46 bits per heavy atom. The highest BCUT2D eigenvalue weighted by atomic mass is 16.6. The van der Waals surface area contributed by atoms with Gasteiger partial charge in [0.2, 0.25) is 0 Å². The third kappa shape index (κ3) is 4.84. The number of aryl methyl sites for hydroxylation is 1. The van der Waals surface area contributed by atoms with Crippen molar-refractivity contribution >= 4 is 17.1 Å². The maximum atomic E-state index is 11.4. The van der Waals surface area contributed by atoms with E-state index in [1.807, 2.05) is 38.1 Å². The first kappa shape index (κ1) is 17.5. The Hall–Kier alpha value is -2.82. The summed E-state index contributed by atoms with van der Waals surface area (Å²) in [7, 11) is 0. The van der Waals surface area contributed by atoms with Gasteiger partial charge in [-0.2, -0.15) is 0 Å². The predicted molar refractivity (Wildman–Crippen MR) is 95.0 cm³/mol. The van der Waals surface area contributed by atoms with Crippen LogP contribution in [0.2, 0.25) is 0 Å². The number of rotatable bonds is 7. The zero-order chi connectivity index (χ0) is 17.5. The van der Waals surface area contributed by atoms with Crippen molar-refractivity contribution in [3.8, 4) is 0 Å². The SMILES string of the molecule is C=C(CCO/N=C(\C)c1cccc(C)n1)c1cccc(C(C)=O)n1. The molecule has 0 amide bonds. The molecule has 0 atom stereocenters. The second kappa shape index (κ2) is 8.15. The number of pyridine rings is 2. The Labute approximate surface area is 142 Å². The smallest absolute Gasteiger partial charge is 0.178 e. The van der Waals surface area contributed by atoms with Crippen molar-refractivity contribution in [1.82, 2.24) is 9.97 Å². The predicted octanol–water partition coefficient (Wildman–Crippen LogP) is 3.83. The highest BCUT2D eigenvalue weighted by Crippen LogP contribution is 2.14. The van der Waals surface area contributed by atoms with Crippen LogP contribution in [-0.4, -0.2) is 28.1 Å². The van der Waals surface area contributed by atoms with Gasteiger partial charge in [0, 0.05) is 19.0 Å². The van der Waals surface area contributed by atoms with Crippen LogP contribution in [0.4, 0.5) is 0 Å². The Morgan fingerprint density at radius 1 is 1.08 bits per heavy atom. The molecular weight excluding hydrogens is 302 g/mol. The van der Waals surface area contributed by atoms with E-state index in [1.165, 1.54) is 6.92 Å². The van der Waals surface area contributed by atoms with E-state index in [9.17, 15) is 4.79 Å². The molecule has 0 fully saturated rings. The lowest BCUT2D eigenvalue weighted by Crippen LogP contribution is -2.02. The first-order valence-corrected chi connectivity index (χ1v) is 7.74. The molecule has 0 saturated heterocycles. The summed E-state index contributed by atoms with van der Waals surface area (Å²) < 4.78 is 0. The average Bonchev–Trinajstić information content (AvgIpc) is 2.58. The Balaban J connectivity index is 1.90. The number of nitrogens with zero attached hydrogens (tertiary/aromatic N) is 3. The second-order valence-electron chi connectivity index (χ2n) is 5.49. The highest BCUT2D eigenvalue weighted by molar-refractivity contribution is 5.96. The van der Waals surface area contributed by atoms with Crippen LogP contribution in [0, 0.1) is 6.92 Å². The molecule has 0 spiro atoms. The minimum Gasteiger partial charge on any atom is -0.395 e. The van der Waals surface area contributed by atoms with Crippen molar-refractivity contribution < 1.29 is 9.63 Å². The summed E-state index contributed by atoms with van der Waals surface area (Å²) in [5, 5.41) is 4.09. The van der Waals surface area contributed by atoms with Crippen LogP contribution < -0.4 is 0 Å². The lowest BCUT2D eigenvalue weighted by molar-refractivity contribution is 0.101. The fourth-order valence-electron chi connectivity index (χ4n) is 2.06. The van der Waals surface area contributed by atoms with Gasteiger partial charge in [0.1, 0.15) is 18.0 Å². The number of aromatic nitrogens is 2. The molecule has 2 heterocycles. The van der Waals surface area contributed by atoms with Gasteiger partial charge in [0.15, 0.2) is 5.78 Å². The van der Waals surface area contributed by atoms with Crippen LogP contribution >= 0.6 is 0 Å². The number of ketones is 1. The third-order valence-corrected chi connectivity index (χ3v) is 3.43. The molecule has 2 aromatic heterocycles. The Bertz CT molecular complexity index is 782. The molecule has 124 valence electrons. The highest BCUT2D eigenvalue weighted by Gasteiger charge is 2.06. The van der Waals surface area contributed by atoms with Gasteiger partial charge in [-0.15, -0.1) is 0 Å². The molecule has 0 bridgehead atoms. The van der Waals surface area contributed by atoms with Crippen LogP contribution in [-0.2, 0) is 4.84 Å². The summed E-state index contributed by atoms with van der Waals surface area (Å²) in [5.74, 6) is -0.0632. The lowest BCUT2D eigenvalue weighted by Gasteiger charge is -2.06. The zero-order valence-corrected chi connectivity index (χ0v) is 14.2. The molecule has 0 aliphatic carbocycles. The van der Waals surface area contributed by atoms with Gasteiger partial charge in [-0.25, -0.2) is 4.98 Å². The summed E-state index contributed by atoms with van der Waals surface area (Å²) in [6.45, 7) is 9.66. The average molecular weight is 323 g/mol. The molecule has 2 aromatic rings. The van der Waals surface area contributed by atoms with E-state index in [0.29, 0.717) is 24.4 Å². The van der Waals surface area contributed by atoms with Gasteiger partial charge in [0.05, 0.1) is 11.4 Å². The fraction of sp³-hybridized carbons (Fsp3) is 0.263. The van der Waals surface area contributed by atoms with E-state index >= 15 is 0 Å². The fourth-order valence-corrected chi connectivity index (χ4v) is 2.06. The van der Waals surface area contributed by atoms with Gasteiger partial charge >= 0.3 is 0 Å². The van der Waals surface area contributed by atoms with Gasteiger partial charge < -0.3 is 4.84 Å². The summed E-state index contributed by atoms with van der Waals surface area (Å²) >= 11 is 0. The molecule has 0 aliphatic rings. The minimum absolute atomic E-state index is 0.0632. The van der Waals surface area contributed by atoms with E-state index in [2.05, 4.69) is 21.7 Å². The molecule has 2 rings (SSSR count). The summed E-state index contributed by atoms with van der Waals surface area (Å²) in [4.78, 5) is 25.4. The van der Waals surface area contributed by atoms with Crippen molar-refractivity contribution in [2.45, 2.75) is 27.2 Å². The van der Waals surface area contributed by atoms with Crippen molar-refractivity contribution in [2.24, 2.45) is 5.16 Å². The molecule has 0 aromatic carbocycles. The first-order valence-electron chi connectivity index (χ1n) is 7.74. The van der Waals surface area contributed by atoms with Crippen LogP contribution in [0.15, 0.2) is 48.1 Å². The normalized spacial score (nSPS) is 11.2. The second-order valence-corrected chi connectivity index (χ2v) is 5.49. The zero-order valence-electron chi connectivity index (χ0n) is 14.2. The summed E-state index contributed by atoms with van der Waals surface area (Å²) in [6, 6.07) is 11.1. The van der Waals surface area contributed by atoms with Gasteiger partial charge in [0.25, 0.3) is 0 Å². The molecule has 0 unspecified atom stereocenters. The van der Waals surface area contributed by atoms with Crippen molar-refractivity contribution in [3.63, 3.8) is 0 Å². The number of carbonyl (C=O) groups excluding carboxylic acids is 1. The lowest BCUT2D eigenvalue weighted by atomic mass is 10.1. The van der Waals surface area contributed by atoms with Crippen molar-refractivity contribution in [1.29, 1.82) is 0 Å². The van der Waals surface area contributed by atoms with Crippen LogP contribution in [0.1, 0.15) is 47.8 Å². The van der Waals surface area contributed by atoms with E-state index in [4.69, 9.17) is 4.84 Å². The number of hydrogen-bond donors (Lipinski definition) is 0. The molecule has 0 radical (unpaired) electrons. The molecular formula is C19H21N3O2. The van der Waals surface area contributed by atoms with E-state index < -0.39 is 0 Å². The maximum absolute atomic E-state index is 11.4. The van der Waals surface area contributed by atoms with E-state index in [0.717, 1.165) is 22.7 Å². The molecule has 5 nitrogen and oxygen atoms in total. The maximum Gasteiger partial charge on any atom is 0.178 e. The number of hydrogen-bond acceptors (Lipinski definition) is 5.